The molecule has 3 aromatic rings. The van der Waals surface area contributed by atoms with Gasteiger partial charge in [-0.25, -0.2) is 8.78 Å². The lowest BCUT2D eigenvalue weighted by molar-refractivity contribution is -0.175. The topological polar surface area (TPSA) is 27.7 Å². The van der Waals surface area contributed by atoms with Crippen molar-refractivity contribution in [2.24, 2.45) is 0 Å². The highest BCUT2D eigenvalue weighted by atomic mass is 19.2. The second-order valence-electron chi connectivity index (χ2n) is 8.29. The molecule has 0 saturated carbocycles. The maximum Gasteiger partial charge on any atom is 0.201 e. The van der Waals surface area contributed by atoms with Crippen molar-refractivity contribution < 1.29 is 27.4 Å². The molecule has 180 valence electrons. The van der Waals surface area contributed by atoms with Crippen LogP contribution in [0, 0.1) is 17.5 Å². The smallest absolute Gasteiger partial charge is 0.201 e. The fourth-order valence-electron chi connectivity index (χ4n) is 3.99. The first-order valence-corrected chi connectivity index (χ1v) is 11.6. The molecule has 0 unspecified atom stereocenters. The summed E-state index contributed by atoms with van der Waals surface area (Å²) in [5.41, 5.74) is 2.41. The third-order valence-corrected chi connectivity index (χ3v) is 5.96. The third-order valence-electron chi connectivity index (χ3n) is 5.96. The van der Waals surface area contributed by atoms with Crippen molar-refractivity contribution >= 4 is 7.85 Å². The van der Waals surface area contributed by atoms with E-state index in [1.54, 1.807) is 30.3 Å². The van der Waals surface area contributed by atoms with Crippen LogP contribution in [0.2, 0.25) is 6.32 Å². The van der Waals surface area contributed by atoms with E-state index >= 15 is 0 Å². The maximum atomic E-state index is 14.9. The summed E-state index contributed by atoms with van der Waals surface area (Å²) in [6.45, 7) is 2.96. The number of allylic oxidation sites excluding steroid dienone is 1. The van der Waals surface area contributed by atoms with Crippen LogP contribution in [-0.2, 0) is 9.47 Å². The second kappa shape index (κ2) is 11.6. The Morgan fingerprint density at radius 2 is 1.57 bits per heavy atom. The van der Waals surface area contributed by atoms with Gasteiger partial charge in [-0.05, 0) is 54.6 Å². The van der Waals surface area contributed by atoms with Crippen LogP contribution in [0.1, 0.15) is 24.8 Å². The standard InChI is InChI=1S/C28H26BF3O3/c1-2-3-4-13-33-25-12-11-23(27(31)28(25)32)19-7-5-18(6-8-19)22-10-9-20(14-24(22)30)21-16-34-26(15-29)35-17-21/h2-3,5-12,14,21,26H,4,13,15-17H2,1H3/b3-2-. The van der Waals surface area contributed by atoms with Crippen LogP contribution in [0.25, 0.3) is 22.3 Å². The van der Waals surface area contributed by atoms with Gasteiger partial charge in [-0.2, -0.15) is 4.39 Å². The van der Waals surface area contributed by atoms with E-state index in [9.17, 15) is 13.2 Å². The molecule has 0 spiro atoms. The van der Waals surface area contributed by atoms with Crippen LogP contribution in [0.3, 0.4) is 0 Å². The number of halogens is 3. The van der Waals surface area contributed by atoms with Crippen LogP contribution in [0.5, 0.6) is 5.75 Å². The number of ether oxygens (including phenoxy) is 3. The molecule has 1 fully saturated rings. The first-order valence-electron chi connectivity index (χ1n) is 11.6. The molecule has 0 amide bonds. The fourth-order valence-corrected chi connectivity index (χ4v) is 3.99. The molecule has 7 heteroatoms. The Hall–Kier alpha value is -3.03. The summed E-state index contributed by atoms with van der Waals surface area (Å²) < 4.78 is 60.5. The molecule has 1 heterocycles. The van der Waals surface area contributed by atoms with Gasteiger partial charge in [0, 0.05) is 17.0 Å². The van der Waals surface area contributed by atoms with E-state index in [-0.39, 0.29) is 36.0 Å². The van der Waals surface area contributed by atoms with Gasteiger partial charge in [0.25, 0.3) is 0 Å². The minimum Gasteiger partial charge on any atom is -0.490 e. The lowest BCUT2D eigenvalue weighted by atomic mass is 9.95. The predicted octanol–water partition coefficient (Wildman–Crippen LogP) is 6.83. The molecule has 3 aromatic carbocycles. The lowest BCUT2D eigenvalue weighted by Gasteiger charge is -2.29. The summed E-state index contributed by atoms with van der Waals surface area (Å²) in [4.78, 5) is 0. The summed E-state index contributed by atoms with van der Waals surface area (Å²) in [6, 6.07) is 14.6. The van der Waals surface area contributed by atoms with Crippen LogP contribution in [0.4, 0.5) is 13.2 Å². The molecular formula is C28H26BF3O3. The van der Waals surface area contributed by atoms with E-state index in [0.29, 0.717) is 36.3 Å². The average molecular weight is 478 g/mol. The highest BCUT2D eigenvalue weighted by molar-refractivity contribution is 6.08. The van der Waals surface area contributed by atoms with Gasteiger partial charge in [0.05, 0.1) is 27.7 Å². The molecule has 0 aromatic heterocycles. The van der Waals surface area contributed by atoms with Crippen LogP contribution < -0.4 is 4.74 Å². The SMILES string of the molecule is [B]CC1OCC(c2ccc(-c3ccc(-c4ccc(OCC/C=C\C)c(F)c4F)cc3)c(F)c2)CO1. The van der Waals surface area contributed by atoms with Crippen molar-refractivity contribution in [3.8, 4) is 28.0 Å². The zero-order chi connectivity index (χ0) is 24.8. The molecule has 0 bridgehead atoms. The molecule has 3 nitrogen and oxygen atoms in total. The molecule has 1 saturated heterocycles. The van der Waals surface area contributed by atoms with Gasteiger partial charge in [-0.3, -0.25) is 0 Å². The average Bonchev–Trinajstić information content (AvgIpc) is 2.89. The van der Waals surface area contributed by atoms with E-state index in [1.807, 2.05) is 25.1 Å². The summed E-state index contributed by atoms with van der Waals surface area (Å²) in [7, 11) is 5.54. The highest BCUT2D eigenvalue weighted by Gasteiger charge is 2.23. The minimum atomic E-state index is -1.03. The highest BCUT2D eigenvalue weighted by Crippen LogP contribution is 2.33. The molecule has 0 atom stereocenters. The van der Waals surface area contributed by atoms with Crippen molar-refractivity contribution in [3.63, 3.8) is 0 Å². The summed E-state index contributed by atoms with van der Waals surface area (Å²) >= 11 is 0. The van der Waals surface area contributed by atoms with E-state index < -0.39 is 17.9 Å². The van der Waals surface area contributed by atoms with Gasteiger partial charge in [0.15, 0.2) is 11.6 Å². The van der Waals surface area contributed by atoms with Gasteiger partial charge in [0.2, 0.25) is 5.82 Å². The van der Waals surface area contributed by atoms with Crippen molar-refractivity contribution in [1.29, 1.82) is 0 Å². The van der Waals surface area contributed by atoms with Crippen molar-refractivity contribution in [2.75, 3.05) is 19.8 Å². The van der Waals surface area contributed by atoms with Gasteiger partial charge in [0.1, 0.15) is 12.1 Å². The first kappa shape index (κ1) is 25.1. The van der Waals surface area contributed by atoms with E-state index in [1.165, 1.54) is 18.2 Å². The summed E-state index contributed by atoms with van der Waals surface area (Å²) in [5.74, 6) is -2.58. The molecule has 4 rings (SSSR count). The molecule has 0 aliphatic carbocycles. The normalized spacial score (nSPS) is 18.2. The van der Waals surface area contributed by atoms with Crippen LogP contribution in [-0.4, -0.2) is 34.0 Å². The van der Waals surface area contributed by atoms with Crippen LogP contribution in [0.15, 0.2) is 66.7 Å². The van der Waals surface area contributed by atoms with Gasteiger partial charge < -0.3 is 14.2 Å². The minimum absolute atomic E-state index is 0.0725. The Labute approximate surface area is 204 Å². The Bertz CT molecular complexity index is 1170. The van der Waals surface area contributed by atoms with Crippen LogP contribution >= 0.6 is 0 Å². The molecule has 2 radical (unpaired) electrons. The monoisotopic (exact) mass is 478 g/mol. The zero-order valence-electron chi connectivity index (χ0n) is 19.5. The van der Waals surface area contributed by atoms with Gasteiger partial charge in [-0.1, -0.05) is 48.6 Å². The van der Waals surface area contributed by atoms with Crippen molar-refractivity contribution in [3.05, 3.63) is 89.8 Å². The number of rotatable bonds is 8. The Morgan fingerprint density at radius 3 is 2.20 bits per heavy atom. The summed E-state index contributed by atoms with van der Waals surface area (Å²) in [6.07, 6.45) is 4.22. The quantitative estimate of drug-likeness (QED) is 0.202. The zero-order valence-corrected chi connectivity index (χ0v) is 19.5. The Morgan fingerprint density at radius 1 is 0.914 bits per heavy atom. The van der Waals surface area contributed by atoms with E-state index in [2.05, 4.69) is 0 Å². The number of benzene rings is 3. The molecule has 0 N–H and O–H groups in total. The number of hydrogen-bond acceptors (Lipinski definition) is 3. The summed E-state index contributed by atoms with van der Waals surface area (Å²) in [5, 5.41) is 0. The van der Waals surface area contributed by atoms with E-state index in [4.69, 9.17) is 22.1 Å². The Balaban J connectivity index is 1.49. The molecule has 1 aliphatic heterocycles. The fraction of sp³-hybridized carbons (Fsp3) is 0.286. The molecule has 1 aliphatic rings. The molecule has 35 heavy (non-hydrogen) atoms. The second-order valence-corrected chi connectivity index (χ2v) is 8.29. The predicted molar refractivity (Wildman–Crippen MR) is 131 cm³/mol. The van der Waals surface area contributed by atoms with Gasteiger partial charge >= 0.3 is 0 Å². The first-order chi connectivity index (χ1) is 17.0. The Kier molecular flexibility index (Phi) is 8.31. The molecular weight excluding hydrogens is 452 g/mol. The number of hydrogen-bond donors (Lipinski definition) is 0. The van der Waals surface area contributed by atoms with E-state index in [0.717, 1.165) is 5.56 Å². The third kappa shape index (κ3) is 5.80. The lowest BCUT2D eigenvalue weighted by Crippen LogP contribution is -2.30. The van der Waals surface area contributed by atoms with Gasteiger partial charge in [-0.15, -0.1) is 0 Å². The van der Waals surface area contributed by atoms with Crippen molar-refractivity contribution in [1.82, 2.24) is 0 Å². The van der Waals surface area contributed by atoms with Crippen molar-refractivity contribution in [2.45, 2.75) is 31.9 Å². The maximum absolute atomic E-state index is 14.9. The largest absolute Gasteiger partial charge is 0.490 e.